The molecule has 0 fully saturated rings. The van der Waals surface area contributed by atoms with E-state index < -0.39 is 15.6 Å². The predicted molar refractivity (Wildman–Crippen MR) is 66.0 cm³/mol. The van der Waals surface area contributed by atoms with Gasteiger partial charge in [-0.1, -0.05) is 0 Å². The highest BCUT2D eigenvalue weighted by Crippen LogP contribution is 2.16. The molecule has 0 aliphatic rings. The van der Waals surface area contributed by atoms with Crippen LogP contribution in [-0.2, 0) is 10.0 Å². The zero-order valence-corrected chi connectivity index (χ0v) is 11.2. The van der Waals surface area contributed by atoms with Gasteiger partial charge in [0.15, 0.2) is 0 Å². The van der Waals surface area contributed by atoms with E-state index in [1.54, 1.807) is 27.7 Å². The van der Waals surface area contributed by atoms with Crippen LogP contribution in [0.3, 0.4) is 0 Å². The van der Waals surface area contributed by atoms with E-state index in [2.05, 4.69) is 4.72 Å². The fraction of sp³-hybridized carbons (Fsp3) is 0.417. The Morgan fingerprint density at radius 1 is 1.29 bits per heavy atom. The molecular weight excluding hydrogens is 236 g/mol. The topological polar surface area (TPSA) is 70.0 Å². The lowest BCUT2D eigenvalue weighted by Crippen LogP contribution is -2.40. The van der Waals surface area contributed by atoms with E-state index in [1.165, 1.54) is 18.2 Å². The summed E-state index contributed by atoms with van der Waals surface area (Å²) in [6.45, 7) is 7.05. The Balaban J connectivity index is 3.18. The second kappa shape index (κ2) is 4.47. The number of sulfonamides is 1. The van der Waals surface area contributed by atoms with Crippen molar-refractivity contribution in [3.63, 3.8) is 0 Å². The lowest BCUT2D eigenvalue weighted by atomic mass is 10.1. The molecule has 0 unspecified atom stereocenters. The maximum atomic E-state index is 12.0. The number of nitriles is 1. The van der Waals surface area contributed by atoms with Gasteiger partial charge in [0.2, 0.25) is 10.0 Å². The van der Waals surface area contributed by atoms with Gasteiger partial charge in [-0.2, -0.15) is 5.26 Å². The Hall–Kier alpha value is -1.38. The highest BCUT2D eigenvalue weighted by atomic mass is 32.2. The number of hydrogen-bond donors (Lipinski definition) is 1. The van der Waals surface area contributed by atoms with Crippen LogP contribution in [0.15, 0.2) is 23.1 Å². The van der Waals surface area contributed by atoms with Crippen molar-refractivity contribution in [3.8, 4) is 6.07 Å². The van der Waals surface area contributed by atoms with Crippen molar-refractivity contribution in [1.82, 2.24) is 4.72 Å². The zero-order chi connectivity index (χ0) is 13.3. The van der Waals surface area contributed by atoms with E-state index in [0.717, 1.165) is 0 Å². The van der Waals surface area contributed by atoms with E-state index in [4.69, 9.17) is 5.26 Å². The van der Waals surface area contributed by atoms with Gasteiger partial charge in [-0.05, 0) is 51.5 Å². The van der Waals surface area contributed by atoms with Crippen molar-refractivity contribution < 1.29 is 8.42 Å². The van der Waals surface area contributed by atoms with Crippen LogP contribution < -0.4 is 4.72 Å². The first-order chi connectivity index (χ1) is 7.65. The molecule has 5 heteroatoms. The van der Waals surface area contributed by atoms with Crippen LogP contribution in [-0.4, -0.2) is 14.0 Å². The lowest BCUT2D eigenvalue weighted by molar-refractivity contribution is 0.491. The molecular formula is C12H16N2O2S. The smallest absolute Gasteiger partial charge is 0.207 e. The fourth-order valence-corrected chi connectivity index (χ4v) is 2.89. The molecule has 0 saturated heterocycles. The van der Waals surface area contributed by atoms with Crippen LogP contribution in [0.4, 0.5) is 0 Å². The summed E-state index contributed by atoms with van der Waals surface area (Å²) in [6.07, 6.45) is 0. The molecule has 1 aromatic carbocycles. The average molecular weight is 252 g/mol. The van der Waals surface area contributed by atoms with Gasteiger partial charge in [0.05, 0.1) is 16.5 Å². The second-order valence-corrected chi connectivity index (χ2v) is 6.63. The lowest BCUT2D eigenvalue weighted by Gasteiger charge is -2.20. The van der Waals surface area contributed by atoms with E-state index in [9.17, 15) is 8.42 Å². The molecule has 1 rings (SSSR count). The number of aryl methyl sites for hydroxylation is 1. The number of nitrogens with zero attached hydrogens (tertiary/aromatic N) is 1. The van der Waals surface area contributed by atoms with Crippen LogP contribution >= 0.6 is 0 Å². The van der Waals surface area contributed by atoms with Crippen molar-refractivity contribution in [2.45, 2.75) is 38.1 Å². The predicted octanol–water partition coefficient (Wildman–Crippen LogP) is 1.94. The molecule has 1 N–H and O–H groups in total. The molecule has 0 bridgehead atoms. The second-order valence-electron chi connectivity index (χ2n) is 4.94. The minimum atomic E-state index is -3.52. The van der Waals surface area contributed by atoms with Gasteiger partial charge in [0.25, 0.3) is 0 Å². The quantitative estimate of drug-likeness (QED) is 0.874. The Kier molecular flexibility index (Phi) is 3.60. The monoisotopic (exact) mass is 252 g/mol. The molecule has 0 radical (unpaired) electrons. The maximum Gasteiger partial charge on any atom is 0.241 e. The molecule has 0 aliphatic heterocycles. The molecule has 4 nitrogen and oxygen atoms in total. The first kappa shape index (κ1) is 13.7. The van der Waals surface area contributed by atoms with E-state index in [-0.39, 0.29) is 4.90 Å². The summed E-state index contributed by atoms with van der Waals surface area (Å²) in [6, 6.07) is 6.48. The third kappa shape index (κ3) is 3.55. The minimum Gasteiger partial charge on any atom is -0.207 e. The molecule has 0 saturated carbocycles. The van der Waals surface area contributed by atoms with E-state index >= 15 is 0 Å². The van der Waals surface area contributed by atoms with Crippen LogP contribution in [0, 0.1) is 18.3 Å². The first-order valence-electron chi connectivity index (χ1n) is 5.20. The summed E-state index contributed by atoms with van der Waals surface area (Å²) in [5, 5.41) is 8.78. The average Bonchev–Trinajstić information content (AvgIpc) is 2.13. The Morgan fingerprint density at radius 2 is 1.88 bits per heavy atom. The summed E-state index contributed by atoms with van der Waals surface area (Å²) in [7, 11) is -3.52. The molecule has 92 valence electrons. The van der Waals surface area contributed by atoms with Crippen molar-refractivity contribution in [1.29, 1.82) is 5.26 Å². The number of rotatable bonds is 2. The van der Waals surface area contributed by atoms with Crippen molar-refractivity contribution >= 4 is 10.0 Å². The number of hydrogen-bond acceptors (Lipinski definition) is 3. The van der Waals surface area contributed by atoms with Crippen LogP contribution in [0.5, 0.6) is 0 Å². The van der Waals surface area contributed by atoms with Gasteiger partial charge in [0, 0.05) is 5.54 Å². The molecule has 0 aliphatic carbocycles. The third-order valence-corrected chi connectivity index (χ3v) is 3.82. The highest BCUT2D eigenvalue weighted by molar-refractivity contribution is 7.89. The standard InChI is InChI=1S/C12H16N2O2S/c1-9-7-11(6-5-10(9)8-13)17(15,16)14-12(2,3)4/h5-7,14H,1-4H3. The summed E-state index contributed by atoms with van der Waals surface area (Å²) < 4.78 is 26.6. The molecule has 0 aromatic heterocycles. The van der Waals surface area contributed by atoms with Gasteiger partial charge in [-0.15, -0.1) is 0 Å². The molecule has 0 heterocycles. The van der Waals surface area contributed by atoms with Crippen molar-refractivity contribution in [2.24, 2.45) is 0 Å². The Morgan fingerprint density at radius 3 is 2.29 bits per heavy atom. The number of nitrogens with one attached hydrogen (secondary N) is 1. The van der Waals surface area contributed by atoms with E-state index in [0.29, 0.717) is 11.1 Å². The summed E-state index contributed by atoms with van der Waals surface area (Å²) in [5.41, 5.74) is 0.615. The maximum absolute atomic E-state index is 12.0. The van der Waals surface area contributed by atoms with Gasteiger partial charge in [-0.3, -0.25) is 0 Å². The molecule has 1 aromatic rings. The Bertz CT molecular complexity index is 563. The summed E-state index contributed by atoms with van der Waals surface area (Å²) in [4.78, 5) is 0.184. The Labute approximate surface area is 102 Å². The first-order valence-corrected chi connectivity index (χ1v) is 6.69. The van der Waals surface area contributed by atoms with Gasteiger partial charge >= 0.3 is 0 Å². The molecule has 0 spiro atoms. The van der Waals surface area contributed by atoms with Crippen LogP contribution in [0.2, 0.25) is 0 Å². The molecule has 0 atom stereocenters. The van der Waals surface area contributed by atoms with Crippen molar-refractivity contribution in [3.05, 3.63) is 29.3 Å². The SMILES string of the molecule is Cc1cc(S(=O)(=O)NC(C)(C)C)ccc1C#N. The molecule has 0 amide bonds. The minimum absolute atomic E-state index is 0.184. The van der Waals surface area contributed by atoms with Gasteiger partial charge in [0.1, 0.15) is 0 Å². The normalized spacial score (nSPS) is 12.2. The van der Waals surface area contributed by atoms with Gasteiger partial charge in [-0.25, -0.2) is 13.1 Å². The van der Waals surface area contributed by atoms with Crippen LogP contribution in [0.25, 0.3) is 0 Å². The largest absolute Gasteiger partial charge is 0.241 e. The van der Waals surface area contributed by atoms with Crippen LogP contribution in [0.1, 0.15) is 31.9 Å². The zero-order valence-electron chi connectivity index (χ0n) is 10.4. The van der Waals surface area contributed by atoms with Gasteiger partial charge < -0.3 is 0 Å². The third-order valence-electron chi connectivity index (χ3n) is 2.07. The summed E-state index contributed by atoms with van der Waals surface area (Å²) >= 11 is 0. The van der Waals surface area contributed by atoms with E-state index in [1.807, 2.05) is 6.07 Å². The number of benzene rings is 1. The molecule has 17 heavy (non-hydrogen) atoms. The van der Waals surface area contributed by atoms with Crippen molar-refractivity contribution in [2.75, 3.05) is 0 Å². The fourth-order valence-electron chi connectivity index (χ4n) is 1.39. The summed E-state index contributed by atoms with van der Waals surface area (Å²) in [5.74, 6) is 0. The highest BCUT2D eigenvalue weighted by Gasteiger charge is 2.22.